The van der Waals surface area contributed by atoms with Crippen LogP contribution in [0.1, 0.15) is 25.7 Å². The molecule has 0 heterocycles. The number of hydrogen-bond acceptors (Lipinski definition) is 2. The fourth-order valence-corrected chi connectivity index (χ4v) is 2.02. The lowest BCUT2D eigenvalue weighted by molar-refractivity contribution is -0.136. The predicted molar refractivity (Wildman–Crippen MR) is 50.6 cm³/mol. The monoisotopic (exact) mass is 235 g/mol. The van der Waals surface area contributed by atoms with E-state index in [1.165, 1.54) is 0 Å². The maximum Gasteiger partial charge on any atom is 0.317 e. The first-order valence-corrected chi connectivity index (χ1v) is 5.19. The summed E-state index contributed by atoms with van der Waals surface area (Å²) in [5, 5.41) is 11.4. The highest BCUT2D eigenvalue weighted by Crippen LogP contribution is 2.23. The molecule has 1 aliphatic rings. The summed E-state index contributed by atoms with van der Waals surface area (Å²) in [6, 6.07) is 0.412. The Hall–Kier alpha value is -0.0900. The van der Waals surface area contributed by atoms with Gasteiger partial charge in [-0.3, -0.25) is 4.79 Å². The molecule has 0 amide bonds. The van der Waals surface area contributed by atoms with Crippen LogP contribution in [0.3, 0.4) is 0 Å². The van der Waals surface area contributed by atoms with Crippen molar-refractivity contribution < 1.29 is 9.90 Å². The molecule has 0 spiro atoms. The van der Waals surface area contributed by atoms with E-state index in [0.717, 1.165) is 25.7 Å². The average Bonchev–Trinajstić information content (AvgIpc) is 2.03. The summed E-state index contributed by atoms with van der Waals surface area (Å²) < 4.78 is 0. The first kappa shape index (κ1) is 9.99. The standard InChI is InChI=1S/C8H14BrNO2/c9-6-1-3-7(4-2-6)10-5-8(11)12/h6-7,10H,1-5H2,(H,11,12). The molecule has 0 bridgehead atoms. The van der Waals surface area contributed by atoms with Gasteiger partial charge in [0.2, 0.25) is 0 Å². The normalized spacial score (nSPS) is 30.1. The van der Waals surface area contributed by atoms with Crippen molar-refractivity contribution >= 4 is 21.9 Å². The summed E-state index contributed by atoms with van der Waals surface area (Å²) in [5.41, 5.74) is 0. The van der Waals surface area contributed by atoms with Gasteiger partial charge in [0, 0.05) is 10.9 Å². The summed E-state index contributed by atoms with van der Waals surface area (Å²) in [5.74, 6) is -0.768. The first-order valence-electron chi connectivity index (χ1n) is 4.27. The molecule has 2 N–H and O–H groups in total. The van der Waals surface area contributed by atoms with Crippen LogP contribution in [0, 0.1) is 0 Å². The van der Waals surface area contributed by atoms with E-state index in [9.17, 15) is 4.79 Å². The fraction of sp³-hybridized carbons (Fsp3) is 0.875. The van der Waals surface area contributed by atoms with Crippen LogP contribution in [0.15, 0.2) is 0 Å². The van der Waals surface area contributed by atoms with E-state index < -0.39 is 5.97 Å². The number of aliphatic carboxylic acids is 1. The number of alkyl halides is 1. The van der Waals surface area contributed by atoms with Crippen molar-refractivity contribution in [2.75, 3.05) is 6.54 Å². The molecule has 0 aliphatic heterocycles. The third kappa shape index (κ3) is 3.54. The lowest BCUT2D eigenvalue weighted by atomic mass is 9.95. The molecule has 1 saturated carbocycles. The highest BCUT2D eigenvalue weighted by molar-refractivity contribution is 9.09. The van der Waals surface area contributed by atoms with Crippen LogP contribution < -0.4 is 5.32 Å². The van der Waals surface area contributed by atoms with Gasteiger partial charge in [0.15, 0.2) is 0 Å². The quantitative estimate of drug-likeness (QED) is 0.727. The van der Waals surface area contributed by atoms with Crippen molar-refractivity contribution in [2.45, 2.75) is 36.6 Å². The zero-order chi connectivity index (χ0) is 8.97. The van der Waals surface area contributed by atoms with E-state index in [0.29, 0.717) is 10.9 Å². The van der Waals surface area contributed by atoms with Crippen molar-refractivity contribution in [2.24, 2.45) is 0 Å². The lowest BCUT2D eigenvalue weighted by Crippen LogP contribution is -2.36. The Labute approximate surface area is 80.7 Å². The fourth-order valence-electron chi connectivity index (χ4n) is 1.49. The highest BCUT2D eigenvalue weighted by Gasteiger charge is 2.18. The molecular weight excluding hydrogens is 222 g/mol. The minimum Gasteiger partial charge on any atom is -0.480 e. The minimum absolute atomic E-state index is 0.0949. The smallest absolute Gasteiger partial charge is 0.317 e. The molecular formula is C8H14BrNO2. The molecule has 3 nitrogen and oxygen atoms in total. The molecule has 12 heavy (non-hydrogen) atoms. The molecule has 0 unspecified atom stereocenters. The van der Waals surface area contributed by atoms with Crippen molar-refractivity contribution in [3.05, 3.63) is 0 Å². The topological polar surface area (TPSA) is 49.3 Å². The Kier molecular flexibility index (Phi) is 4.01. The van der Waals surface area contributed by atoms with Gasteiger partial charge in [0.1, 0.15) is 0 Å². The Morgan fingerprint density at radius 3 is 2.50 bits per heavy atom. The van der Waals surface area contributed by atoms with Gasteiger partial charge in [-0.25, -0.2) is 0 Å². The number of rotatable bonds is 3. The third-order valence-electron chi connectivity index (χ3n) is 2.20. The second kappa shape index (κ2) is 4.82. The van der Waals surface area contributed by atoms with Crippen molar-refractivity contribution in [3.63, 3.8) is 0 Å². The van der Waals surface area contributed by atoms with E-state index in [2.05, 4.69) is 21.2 Å². The summed E-state index contributed by atoms with van der Waals surface area (Å²) in [6.07, 6.45) is 4.47. The van der Waals surface area contributed by atoms with Gasteiger partial charge in [-0.15, -0.1) is 0 Å². The molecule has 1 fully saturated rings. The largest absolute Gasteiger partial charge is 0.480 e. The molecule has 0 aromatic carbocycles. The van der Waals surface area contributed by atoms with Gasteiger partial charge in [0.25, 0.3) is 0 Å². The lowest BCUT2D eigenvalue weighted by Gasteiger charge is -2.25. The van der Waals surface area contributed by atoms with Crippen LogP contribution in [0.4, 0.5) is 0 Å². The summed E-state index contributed by atoms with van der Waals surface area (Å²) >= 11 is 3.55. The molecule has 0 aromatic heterocycles. The van der Waals surface area contributed by atoms with Crippen molar-refractivity contribution in [1.82, 2.24) is 5.32 Å². The Morgan fingerprint density at radius 2 is 2.00 bits per heavy atom. The van der Waals surface area contributed by atoms with Crippen LogP contribution in [0.25, 0.3) is 0 Å². The van der Waals surface area contributed by atoms with Gasteiger partial charge in [-0.2, -0.15) is 0 Å². The Balaban J connectivity index is 2.13. The zero-order valence-electron chi connectivity index (χ0n) is 6.92. The number of carboxylic acid groups (broad SMARTS) is 1. The maximum atomic E-state index is 10.2. The van der Waals surface area contributed by atoms with Gasteiger partial charge in [-0.05, 0) is 25.7 Å². The first-order chi connectivity index (χ1) is 5.68. The van der Waals surface area contributed by atoms with E-state index in [1.807, 2.05) is 0 Å². The van der Waals surface area contributed by atoms with Gasteiger partial charge >= 0.3 is 5.97 Å². The summed E-state index contributed by atoms with van der Waals surface area (Å²) in [6.45, 7) is 0.0949. The third-order valence-corrected chi connectivity index (χ3v) is 3.11. The van der Waals surface area contributed by atoms with Crippen LogP contribution in [-0.4, -0.2) is 28.5 Å². The van der Waals surface area contributed by atoms with Gasteiger partial charge in [-0.1, -0.05) is 15.9 Å². The second-order valence-electron chi connectivity index (χ2n) is 3.22. The number of nitrogens with one attached hydrogen (secondary N) is 1. The van der Waals surface area contributed by atoms with Gasteiger partial charge in [0.05, 0.1) is 6.54 Å². The van der Waals surface area contributed by atoms with Gasteiger partial charge < -0.3 is 10.4 Å². The number of hydrogen-bond donors (Lipinski definition) is 2. The molecule has 1 rings (SSSR count). The summed E-state index contributed by atoms with van der Waals surface area (Å²) in [4.78, 5) is 10.9. The summed E-state index contributed by atoms with van der Waals surface area (Å²) in [7, 11) is 0. The van der Waals surface area contributed by atoms with E-state index in [-0.39, 0.29) is 6.54 Å². The predicted octanol–water partition coefficient (Wildman–Crippen LogP) is 1.37. The molecule has 4 heteroatoms. The second-order valence-corrected chi connectivity index (χ2v) is 4.52. The average molecular weight is 236 g/mol. The minimum atomic E-state index is -0.768. The van der Waals surface area contributed by atoms with Crippen molar-refractivity contribution in [3.8, 4) is 0 Å². The van der Waals surface area contributed by atoms with Crippen LogP contribution in [0.5, 0.6) is 0 Å². The number of carbonyl (C=O) groups is 1. The SMILES string of the molecule is O=C(O)CNC1CCC(Br)CC1. The number of carboxylic acids is 1. The van der Waals surface area contributed by atoms with Crippen LogP contribution >= 0.6 is 15.9 Å². The highest BCUT2D eigenvalue weighted by atomic mass is 79.9. The van der Waals surface area contributed by atoms with E-state index >= 15 is 0 Å². The zero-order valence-corrected chi connectivity index (χ0v) is 8.51. The maximum absolute atomic E-state index is 10.2. The molecule has 0 saturated heterocycles. The molecule has 1 aliphatic carbocycles. The van der Waals surface area contributed by atoms with Crippen LogP contribution in [-0.2, 0) is 4.79 Å². The Morgan fingerprint density at radius 1 is 1.42 bits per heavy atom. The molecule has 0 atom stereocenters. The van der Waals surface area contributed by atoms with E-state index in [1.54, 1.807) is 0 Å². The van der Waals surface area contributed by atoms with E-state index in [4.69, 9.17) is 5.11 Å². The Bertz CT molecular complexity index is 155. The molecule has 70 valence electrons. The molecule has 0 aromatic rings. The number of halogens is 1. The van der Waals surface area contributed by atoms with Crippen LogP contribution in [0.2, 0.25) is 0 Å². The molecule has 0 radical (unpaired) electrons. The van der Waals surface area contributed by atoms with Crippen molar-refractivity contribution in [1.29, 1.82) is 0 Å².